The Morgan fingerprint density at radius 1 is 0.943 bits per heavy atom. The van der Waals surface area contributed by atoms with Crippen molar-refractivity contribution in [2.45, 2.75) is 62.0 Å². The van der Waals surface area contributed by atoms with Gasteiger partial charge in [-0.25, -0.2) is 3.63 Å². The number of carbonyl (C=O) groups excluding carboxylic acids is 2. The Kier molecular flexibility index (Phi) is 8.05. The van der Waals surface area contributed by atoms with E-state index in [9.17, 15) is 36.3 Å². The van der Waals surface area contributed by atoms with E-state index in [0.29, 0.717) is 19.3 Å². The van der Waals surface area contributed by atoms with Gasteiger partial charge in [-0.3, -0.25) is 9.59 Å². The van der Waals surface area contributed by atoms with Crippen molar-refractivity contribution in [3.05, 3.63) is 35.9 Å². The van der Waals surface area contributed by atoms with Crippen LogP contribution >= 0.6 is 10.3 Å². The van der Waals surface area contributed by atoms with Crippen LogP contribution in [0.2, 0.25) is 0 Å². The Morgan fingerprint density at radius 2 is 1.49 bits per heavy atom. The SMILES string of the molecule is O=C(CS1(OS(=O)(=O)C(F)(F)C(O)(C(=O)C2CCCCC2)C(F)(F)F)CCCC1)c1ccccc1. The first-order valence-electron chi connectivity index (χ1n) is 11.2. The number of carbonyl (C=O) groups is 2. The number of benzene rings is 1. The summed E-state index contributed by atoms with van der Waals surface area (Å²) in [5.41, 5.74) is -5.32. The maximum Gasteiger partial charge on any atom is 0.431 e. The van der Waals surface area contributed by atoms with Crippen LogP contribution in [0.3, 0.4) is 0 Å². The van der Waals surface area contributed by atoms with Crippen LogP contribution in [-0.4, -0.2) is 59.4 Å². The fraction of sp³-hybridized carbons (Fsp3) is 0.636. The van der Waals surface area contributed by atoms with Crippen LogP contribution in [0.15, 0.2) is 30.3 Å². The molecule has 0 amide bonds. The summed E-state index contributed by atoms with van der Waals surface area (Å²) in [4.78, 5) is 25.3. The van der Waals surface area contributed by atoms with Gasteiger partial charge in [-0.15, -0.1) is 10.3 Å². The third-order valence-corrected chi connectivity index (χ3v) is 12.1. The minimum atomic E-state index is -6.49. The van der Waals surface area contributed by atoms with Gasteiger partial charge in [0, 0.05) is 23.0 Å². The number of alkyl halides is 5. The van der Waals surface area contributed by atoms with Crippen molar-refractivity contribution in [3.8, 4) is 0 Å². The van der Waals surface area contributed by atoms with Gasteiger partial charge in [0.25, 0.3) is 0 Å². The molecule has 13 heteroatoms. The van der Waals surface area contributed by atoms with Crippen LogP contribution in [0.1, 0.15) is 55.3 Å². The molecule has 3 rings (SSSR count). The van der Waals surface area contributed by atoms with Crippen LogP contribution in [0.5, 0.6) is 0 Å². The summed E-state index contributed by atoms with van der Waals surface area (Å²) in [5.74, 6) is -5.23. The van der Waals surface area contributed by atoms with E-state index in [4.69, 9.17) is 3.63 Å². The first kappa shape index (κ1) is 28.0. The molecule has 1 aromatic carbocycles. The molecule has 1 heterocycles. The van der Waals surface area contributed by atoms with Gasteiger partial charge in [-0.2, -0.15) is 30.4 Å². The number of Topliss-reactive ketones (excluding diaryl/α,β-unsaturated/α-hetero) is 2. The van der Waals surface area contributed by atoms with Crippen molar-refractivity contribution < 1.29 is 48.7 Å². The van der Waals surface area contributed by atoms with Crippen molar-refractivity contribution in [2.75, 3.05) is 17.3 Å². The zero-order valence-electron chi connectivity index (χ0n) is 18.7. The summed E-state index contributed by atoms with van der Waals surface area (Å²) in [6, 6.07) is 7.56. The van der Waals surface area contributed by atoms with Gasteiger partial charge in [-0.1, -0.05) is 49.6 Å². The Hall–Kier alpha value is -1.57. The minimum Gasteiger partial charge on any atom is -0.369 e. The summed E-state index contributed by atoms with van der Waals surface area (Å²) in [6.07, 6.45) is -4.84. The van der Waals surface area contributed by atoms with Gasteiger partial charge in [0.1, 0.15) is 0 Å². The van der Waals surface area contributed by atoms with Crippen molar-refractivity contribution in [2.24, 2.45) is 5.92 Å². The third kappa shape index (κ3) is 5.28. The van der Waals surface area contributed by atoms with E-state index in [1.807, 2.05) is 0 Å². The van der Waals surface area contributed by atoms with E-state index in [1.54, 1.807) is 6.07 Å². The predicted molar refractivity (Wildman–Crippen MR) is 120 cm³/mol. The Balaban J connectivity index is 1.96. The van der Waals surface area contributed by atoms with Gasteiger partial charge >= 0.3 is 27.2 Å². The minimum absolute atomic E-state index is 0.0953. The van der Waals surface area contributed by atoms with E-state index >= 15 is 8.78 Å². The van der Waals surface area contributed by atoms with Crippen LogP contribution in [0.25, 0.3) is 0 Å². The average Bonchev–Trinajstić information content (AvgIpc) is 3.25. The van der Waals surface area contributed by atoms with Crippen LogP contribution < -0.4 is 0 Å². The summed E-state index contributed by atoms with van der Waals surface area (Å²) in [6.45, 7) is 0. The molecule has 0 radical (unpaired) electrons. The molecule has 2 aliphatic rings. The molecule has 198 valence electrons. The molecule has 1 saturated carbocycles. The lowest BCUT2D eigenvalue weighted by Crippen LogP contribution is -2.68. The largest absolute Gasteiger partial charge is 0.431 e. The summed E-state index contributed by atoms with van der Waals surface area (Å²) >= 11 is 0. The summed E-state index contributed by atoms with van der Waals surface area (Å²) in [5, 5.41) is 4.19. The molecule has 0 aromatic heterocycles. The Morgan fingerprint density at radius 3 is 2.00 bits per heavy atom. The Bertz CT molecular complexity index is 1030. The summed E-state index contributed by atoms with van der Waals surface area (Å²) in [7, 11) is -9.61. The van der Waals surface area contributed by atoms with Gasteiger partial charge in [0.2, 0.25) is 0 Å². The van der Waals surface area contributed by atoms with Crippen LogP contribution in [-0.2, 0) is 18.5 Å². The molecular formula is C22H27F5O6S2. The standard InChI is InChI=1S/C22H27F5O6S2/c23-21(24,25)20(30,19(29)17-11-5-2-6-12-17)22(26,27)35(31,32)33-34(13-7-8-14-34)15-18(28)16-9-3-1-4-10-16/h1,3-4,9-10,17,30H,2,5-8,11-15H2. The van der Waals surface area contributed by atoms with Crippen molar-refractivity contribution in [1.82, 2.24) is 0 Å². The highest BCUT2D eigenvalue weighted by Gasteiger charge is 2.80. The maximum atomic E-state index is 15.3. The molecule has 1 aliphatic carbocycles. The number of hydrogen-bond acceptors (Lipinski definition) is 6. The number of halogens is 5. The second-order valence-corrected chi connectivity index (χ2v) is 14.0. The molecule has 6 nitrogen and oxygen atoms in total. The molecule has 35 heavy (non-hydrogen) atoms. The van der Waals surface area contributed by atoms with E-state index in [2.05, 4.69) is 0 Å². The smallest absolute Gasteiger partial charge is 0.369 e. The third-order valence-electron chi connectivity index (χ3n) is 6.48. The predicted octanol–water partition coefficient (Wildman–Crippen LogP) is 4.76. The van der Waals surface area contributed by atoms with Crippen molar-refractivity contribution >= 4 is 32.0 Å². The molecule has 0 spiro atoms. The Labute approximate surface area is 201 Å². The highest BCUT2D eigenvalue weighted by Crippen LogP contribution is 2.59. The molecule has 1 aliphatic heterocycles. The van der Waals surface area contributed by atoms with E-state index in [1.165, 1.54) is 24.3 Å². The van der Waals surface area contributed by atoms with E-state index in [-0.39, 0.29) is 42.8 Å². The highest BCUT2D eigenvalue weighted by molar-refractivity contribution is 8.33. The number of rotatable bonds is 9. The van der Waals surface area contributed by atoms with E-state index < -0.39 is 60.7 Å². The maximum absolute atomic E-state index is 15.3. The van der Waals surface area contributed by atoms with E-state index in [0.717, 1.165) is 0 Å². The lowest BCUT2D eigenvalue weighted by Gasteiger charge is -2.40. The molecule has 1 N–H and O–H groups in total. The van der Waals surface area contributed by atoms with Crippen molar-refractivity contribution in [1.29, 1.82) is 0 Å². The number of aliphatic hydroxyl groups is 1. The lowest BCUT2D eigenvalue weighted by molar-refractivity contribution is -0.296. The van der Waals surface area contributed by atoms with Gasteiger partial charge in [0.05, 0.1) is 5.75 Å². The highest BCUT2D eigenvalue weighted by atomic mass is 32.3. The first-order chi connectivity index (χ1) is 16.2. The molecule has 1 unspecified atom stereocenters. The second-order valence-electron chi connectivity index (χ2n) is 8.96. The van der Waals surface area contributed by atoms with Crippen LogP contribution in [0, 0.1) is 5.92 Å². The fourth-order valence-corrected chi connectivity index (χ4v) is 10.3. The topological polar surface area (TPSA) is 97.7 Å². The van der Waals surface area contributed by atoms with Gasteiger partial charge < -0.3 is 5.11 Å². The quantitative estimate of drug-likeness (QED) is 0.354. The monoisotopic (exact) mass is 546 g/mol. The first-order valence-corrected chi connectivity index (χ1v) is 14.7. The van der Waals surface area contributed by atoms with Gasteiger partial charge in [-0.05, 0) is 25.7 Å². The normalized spacial score (nSPS) is 22.3. The zero-order chi connectivity index (χ0) is 26.1. The molecule has 2 fully saturated rings. The summed E-state index contributed by atoms with van der Waals surface area (Å²) < 4.78 is 102. The molecule has 0 bridgehead atoms. The number of ketones is 2. The van der Waals surface area contributed by atoms with Crippen LogP contribution in [0.4, 0.5) is 22.0 Å². The molecule has 1 aromatic rings. The lowest BCUT2D eigenvalue weighted by atomic mass is 9.79. The molecular weight excluding hydrogens is 519 g/mol. The fourth-order valence-electron chi connectivity index (χ4n) is 4.54. The zero-order valence-corrected chi connectivity index (χ0v) is 20.4. The van der Waals surface area contributed by atoms with Gasteiger partial charge in [0.15, 0.2) is 11.6 Å². The number of hydrogen-bond donors (Lipinski definition) is 1. The second kappa shape index (κ2) is 10.1. The van der Waals surface area contributed by atoms with Crippen molar-refractivity contribution in [3.63, 3.8) is 0 Å². The molecule has 1 saturated heterocycles. The average molecular weight is 547 g/mol. The molecule has 1 atom stereocenters.